The summed E-state index contributed by atoms with van der Waals surface area (Å²) in [5.41, 5.74) is 0.426. The Morgan fingerprint density at radius 1 is 1.31 bits per heavy atom. The molecule has 1 saturated heterocycles. The Morgan fingerprint density at radius 3 is 2.47 bits per heavy atom. The molecule has 0 amide bonds. The fraction of sp³-hybridized carbons (Fsp3) is 0.500. The van der Waals surface area contributed by atoms with Crippen LogP contribution in [-0.4, -0.2) is 69.1 Å². The summed E-state index contributed by atoms with van der Waals surface area (Å²) in [6, 6.07) is 1.95. The smallest absolute Gasteiger partial charge is 0.475 e. The van der Waals surface area contributed by atoms with Crippen LogP contribution >= 0.6 is 0 Å². The number of carboxylic acid groups (broad SMARTS) is 1. The maximum atomic E-state index is 12.8. The van der Waals surface area contributed by atoms with E-state index in [4.69, 9.17) is 19.9 Å². The first kappa shape index (κ1) is 24.5. The number of carboxylic acids is 1. The number of hydrogen-bond acceptors (Lipinski definition) is 8. The van der Waals surface area contributed by atoms with Crippen LogP contribution in [0.1, 0.15) is 6.92 Å². The molecule has 0 saturated carbocycles. The number of imidazole rings is 1. The second kappa shape index (κ2) is 10.5. The van der Waals surface area contributed by atoms with Crippen molar-refractivity contribution in [2.45, 2.75) is 19.6 Å². The number of rotatable bonds is 4. The molecule has 172 valence electrons. The van der Waals surface area contributed by atoms with Crippen molar-refractivity contribution in [3.05, 3.63) is 10.4 Å². The van der Waals surface area contributed by atoms with Gasteiger partial charge in [-0.05, 0) is 6.92 Å². The van der Waals surface area contributed by atoms with E-state index in [-0.39, 0.29) is 18.2 Å². The first-order valence-corrected chi connectivity index (χ1v) is 9.24. The number of carbonyl (C=O) groups is 1. The minimum Gasteiger partial charge on any atom is -0.475 e. The fourth-order valence-corrected chi connectivity index (χ4v) is 2.77. The Kier molecular flexibility index (Phi) is 8.03. The van der Waals surface area contributed by atoms with Gasteiger partial charge in [0.25, 0.3) is 5.56 Å². The molecule has 2 N–H and O–H groups in total. The predicted octanol–water partition coefficient (Wildman–Crippen LogP) is 0.0986. The van der Waals surface area contributed by atoms with E-state index >= 15 is 0 Å². The number of nitrogens with zero attached hydrogens (tertiary/aromatic N) is 6. The van der Waals surface area contributed by atoms with Gasteiger partial charge in [-0.25, -0.2) is 4.79 Å². The van der Waals surface area contributed by atoms with Crippen molar-refractivity contribution < 1.29 is 27.8 Å². The maximum absolute atomic E-state index is 12.8. The number of ether oxygens (including phenoxy) is 1. The van der Waals surface area contributed by atoms with Gasteiger partial charge in [-0.3, -0.25) is 13.9 Å². The van der Waals surface area contributed by atoms with Crippen LogP contribution < -0.4 is 20.5 Å². The lowest BCUT2D eigenvalue weighted by atomic mass is 10.4. The summed E-state index contributed by atoms with van der Waals surface area (Å²) in [6.45, 7) is 5.23. The number of aliphatic carboxylic acids is 1. The van der Waals surface area contributed by atoms with E-state index in [1.807, 2.05) is 6.07 Å². The van der Waals surface area contributed by atoms with Crippen molar-refractivity contribution in [3.8, 4) is 23.9 Å². The zero-order chi connectivity index (χ0) is 23.9. The molecular weight excluding hydrogens is 435 g/mol. The van der Waals surface area contributed by atoms with E-state index in [0.29, 0.717) is 23.7 Å². The molecule has 2 aromatic rings. The van der Waals surface area contributed by atoms with E-state index in [0.717, 1.165) is 26.2 Å². The van der Waals surface area contributed by atoms with Gasteiger partial charge in [-0.1, -0.05) is 5.92 Å². The van der Waals surface area contributed by atoms with E-state index in [1.54, 1.807) is 18.5 Å². The van der Waals surface area contributed by atoms with Crippen molar-refractivity contribution in [1.82, 2.24) is 24.4 Å². The number of anilines is 1. The van der Waals surface area contributed by atoms with Crippen molar-refractivity contribution in [2.24, 2.45) is 7.05 Å². The fourth-order valence-electron chi connectivity index (χ4n) is 2.77. The number of nitriles is 1. The van der Waals surface area contributed by atoms with Gasteiger partial charge in [0.05, 0.1) is 6.54 Å². The number of fused-ring (bicyclic) bond motifs is 1. The van der Waals surface area contributed by atoms with Gasteiger partial charge >= 0.3 is 18.2 Å². The van der Waals surface area contributed by atoms with Crippen LogP contribution in [0.2, 0.25) is 0 Å². The first-order valence-electron chi connectivity index (χ1n) is 9.24. The van der Waals surface area contributed by atoms with Gasteiger partial charge in [-0.2, -0.15) is 28.4 Å². The van der Waals surface area contributed by atoms with Crippen LogP contribution in [-0.2, 0) is 18.4 Å². The van der Waals surface area contributed by atoms with Gasteiger partial charge in [0, 0.05) is 33.2 Å². The van der Waals surface area contributed by atoms with Gasteiger partial charge in [-0.15, -0.1) is 5.92 Å². The number of hydrogen-bond donors (Lipinski definition) is 2. The average molecular weight is 455 g/mol. The SMILES string of the molecule is CC#CCn1c(N2CCNCC2)nc2nc(OCC#N)n(C)c(=O)c21.O=C(O)C(F)(F)F. The first-order chi connectivity index (χ1) is 15.1. The molecule has 14 heteroatoms. The van der Waals surface area contributed by atoms with E-state index in [1.165, 1.54) is 4.57 Å². The van der Waals surface area contributed by atoms with Gasteiger partial charge in [0.15, 0.2) is 17.8 Å². The Hall–Kier alpha value is -3.78. The molecule has 3 heterocycles. The number of piperazine rings is 1. The Balaban J connectivity index is 0.000000451. The molecule has 11 nitrogen and oxygen atoms in total. The third kappa shape index (κ3) is 5.67. The molecule has 1 fully saturated rings. The largest absolute Gasteiger partial charge is 0.490 e. The van der Waals surface area contributed by atoms with Crippen LogP contribution in [0.3, 0.4) is 0 Å². The standard InChI is InChI=1S/C16H19N7O2.C2HF3O2/c1-3-4-8-23-12-13(19-15(23)22-9-6-18-7-10-22)20-16(25-11-5-17)21(2)14(12)24;3-2(4,5)1(6)7/h18H,6-11H2,1-2H3;(H,6,7). The van der Waals surface area contributed by atoms with Crippen LogP contribution in [0, 0.1) is 23.2 Å². The summed E-state index contributed by atoms with van der Waals surface area (Å²) in [4.78, 5) is 32.7. The van der Waals surface area contributed by atoms with Crippen LogP contribution in [0.25, 0.3) is 11.2 Å². The lowest BCUT2D eigenvalue weighted by molar-refractivity contribution is -0.192. The Morgan fingerprint density at radius 2 is 1.94 bits per heavy atom. The lowest BCUT2D eigenvalue weighted by Crippen LogP contribution is -2.44. The van der Waals surface area contributed by atoms with Crippen molar-refractivity contribution in [3.63, 3.8) is 0 Å². The third-order valence-corrected chi connectivity index (χ3v) is 4.25. The summed E-state index contributed by atoms with van der Waals surface area (Å²) in [7, 11) is 1.56. The minimum atomic E-state index is -5.08. The van der Waals surface area contributed by atoms with Gasteiger partial charge < -0.3 is 20.1 Å². The highest BCUT2D eigenvalue weighted by molar-refractivity contribution is 5.75. The van der Waals surface area contributed by atoms with E-state index in [9.17, 15) is 18.0 Å². The Bertz CT molecular complexity index is 1130. The molecular formula is C18H20F3N7O4. The maximum Gasteiger partial charge on any atom is 0.490 e. The molecule has 2 aromatic heterocycles. The third-order valence-electron chi connectivity index (χ3n) is 4.25. The van der Waals surface area contributed by atoms with Crippen LogP contribution in [0.4, 0.5) is 19.1 Å². The number of alkyl halides is 3. The minimum absolute atomic E-state index is 0.0807. The zero-order valence-corrected chi connectivity index (χ0v) is 17.2. The summed E-state index contributed by atoms with van der Waals surface area (Å²) in [5, 5.41) is 19.1. The molecule has 0 aromatic carbocycles. The van der Waals surface area contributed by atoms with Crippen LogP contribution in [0.5, 0.6) is 6.01 Å². The summed E-state index contributed by atoms with van der Waals surface area (Å²) < 4.78 is 40.1. The summed E-state index contributed by atoms with van der Waals surface area (Å²) in [6.07, 6.45) is -5.08. The number of aromatic nitrogens is 4. The molecule has 3 rings (SSSR count). The highest BCUT2D eigenvalue weighted by Crippen LogP contribution is 2.21. The molecule has 0 radical (unpaired) electrons. The van der Waals surface area contributed by atoms with E-state index in [2.05, 4.69) is 32.0 Å². The van der Waals surface area contributed by atoms with Crippen molar-refractivity contribution >= 4 is 23.1 Å². The van der Waals surface area contributed by atoms with Crippen molar-refractivity contribution in [1.29, 1.82) is 5.26 Å². The number of nitrogens with one attached hydrogen (secondary N) is 1. The highest BCUT2D eigenvalue weighted by atomic mass is 19.4. The predicted molar refractivity (Wildman–Crippen MR) is 106 cm³/mol. The zero-order valence-electron chi connectivity index (χ0n) is 17.2. The lowest BCUT2D eigenvalue weighted by Gasteiger charge is -2.28. The van der Waals surface area contributed by atoms with Crippen LogP contribution in [0.15, 0.2) is 4.79 Å². The van der Waals surface area contributed by atoms with E-state index < -0.39 is 12.1 Å². The monoisotopic (exact) mass is 455 g/mol. The molecule has 0 spiro atoms. The second-order valence-electron chi connectivity index (χ2n) is 6.34. The quantitative estimate of drug-likeness (QED) is 0.615. The number of halogens is 3. The molecule has 0 aliphatic carbocycles. The summed E-state index contributed by atoms with van der Waals surface area (Å²) >= 11 is 0. The average Bonchev–Trinajstić information content (AvgIpc) is 3.12. The normalized spacial score (nSPS) is 13.4. The summed E-state index contributed by atoms with van der Waals surface area (Å²) in [5.74, 6) is 3.78. The molecule has 0 atom stereocenters. The van der Waals surface area contributed by atoms with Gasteiger partial charge in [0.2, 0.25) is 5.95 Å². The molecule has 32 heavy (non-hydrogen) atoms. The van der Waals surface area contributed by atoms with Gasteiger partial charge in [0.1, 0.15) is 6.07 Å². The molecule has 1 aliphatic rings. The highest BCUT2D eigenvalue weighted by Gasteiger charge is 2.38. The molecule has 1 aliphatic heterocycles. The molecule has 0 bridgehead atoms. The molecule has 0 unspecified atom stereocenters. The van der Waals surface area contributed by atoms with Crippen molar-refractivity contribution in [2.75, 3.05) is 37.7 Å². The Labute approximate surface area is 180 Å². The topological polar surface area (TPSA) is 138 Å². The second-order valence-corrected chi connectivity index (χ2v) is 6.34.